The van der Waals surface area contributed by atoms with E-state index in [0.717, 1.165) is 12.8 Å². The van der Waals surface area contributed by atoms with Crippen LogP contribution in [0.15, 0.2) is 17.3 Å². The summed E-state index contributed by atoms with van der Waals surface area (Å²) in [6, 6.07) is 0.0370. The van der Waals surface area contributed by atoms with Crippen molar-refractivity contribution in [3.8, 4) is 0 Å². The zero-order valence-electron chi connectivity index (χ0n) is 5.58. The first-order valence-electron chi connectivity index (χ1n) is 3.32. The molecule has 0 amide bonds. The number of nitroso groups, excluding NO2 is 1. The van der Waals surface area contributed by atoms with Crippen molar-refractivity contribution in [1.82, 2.24) is 0 Å². The van der Waals surface area contributed by atoms with Gasteiger partial charge in [-0.2, -0.15) is 4.91 Å². The molecule has 0 spiro atoms. The zero-order chi connectivity index (χ0) is 6.69. The third kappa shape index (κ3) is 1.37. The predicted molar refractivity (Wildman–Crippen MR) is 37.1 cm³/mol. The van der Waals surface area contributed by atoms with Gasteiger partial charge in [-0.15, -0.1) is 0 Å². The molecule has 1 aliphatic rings. The molecule has 0 aromatic carbocycles. The standard InChI is InChI=1S/C7H11NO/c1-6-4-2-3-5-7(6)8-9/h2-3,6-7H,4-5H2,1H3. The van der Waals surface area contributed by atoms with Crippen LogP contribution in [0.1, 0.15) is 19.8 Å². The molecule has 2 unspecified atom stereocenters. The molecule has 1 aliphatic carbocycles. The number of hydrogen-bond acceptors (Lipinski definition) is 2. The Morgan fingerprint density at radius 2 is 2.11 bits per heavy atom. The van der Waals surface area contributed by atoms with Crippen LogP contribution in [0, 0.1) is 10.8 Å². The van der Waals surface area contributed by atoms with E-state index in [0.29, 0.717) is 5.92 Å². The lowest BCUT2D eigenvalue weighted by Gasteiger charge is -2.17. The first-order valence-corrected chi connectivity index (χ1v) is 3.32. The third-order valence-electron chi connectivity index (χ3n) is 1.84. The van der Waals surface area contributed by atoms with Crippen LogP contribution in [-0.2, 0) is 0 Å². The highest BCUT2D eigenvalue weighted by atomic mass is 16.3. The molecule has 0 N–H and O–H groups in total. The van der Waals surface area contributed by atoms with E-state index in [-0.39, 0.29) is 6.04 Å². The van der Waals surface area contributed by atoms with Gasteiger partial charge in [0, 0.05) is 0 Å². The summed E-state index contributed by atoms with van der Waals surface area (Å²) in [7, 11) is 0. The summed E-state index contributed by atoms with van der Waals surface area (Å²) in [5.74, 6) is 0.451. The van der Waals surface area contributed by atoms with E-state index in [1.807, 2.05) is 6.08 Å². The molecule has 0 saturated carbocycles. The van der Waals surface area contributed by atoms with E-state index in [2.05, 4.69) is 18.2 Å². The van der Waals surface area contributed by atoms with Gasteiger partial charge in [-0.25, -0.2) is 0 Å². The van der Waals surface area contributed by atoms with Gasteiger partial charge in [0.05, 0.1) is 6.04 Å². The smallest absolute Gasteiger partial charge is 0.0982 e. The minimum Gasteiger partial charge on any atom is -0.150 e. The fourth-order valence-corrected chi connectivity index (χ4v) is 1.08. The fourth-order valence-electron chi connectivity index (χ4n) is 1.08. The first kappa shape index (κ1) is 6.46. The van der Waals surface area contributed by atoms with E-state index < -0.39 is 0 Å². The van der Waals surface area contributed by atoms with E-state index in [1.165, 1.54) is 0 Å². The fraction of sp³-hybridized carbons (Fsp3) is 0.714. The second-order valence-electron chi connectivity index (χ2n) is 2.59. The lowest BCUT2D eigenvalue weighted by Crippen LogP contribution is -2.16. The first-order chi connectivity index (χ1) is 4.34. The Morgan fingerprint density at radius 1 is 1.44 bits per heavy atom. The molecule has 0 aromatic heterocycles. The minimum absolute atomic E-state index is 0.0370. The topological polar surface area (TPSA) is 29.4 Å². The van der Waals surface area contributed by atoms with Gasteiger partial charge in [0.2, 0.25) is 0 Å². The van der Waals surface area contributed by atoms with E-state index in [1.54, 1.807) is 0 Å². The van der Waals surface area contributed by atoms with Gasteiger partial charge in [-0.05, 0) is 18.8 Å². The van der Waals surface area contributed by atoms with E-state index in [4.69, 9.17) is 0 Å². The summed E-state index contributed by atoms with van der Waals surface area (Å²) >= 11 is 0. The quantitative estimate of drug-likeness (QED) is 0.390. The van der Waals surface area contributed by atoms with Crippen molar-refractivity contribution in [3.63, 3.8) is 0 Å². The molecule has 1 rings (SSSR count). The molecule has 0 aliphatic heterocycles. The predicted octanol–water partition coefficient (Wildman–Crippen LogP) is 2.11. The monoisotopic (exact) mass is 125 g/mol. The van der Waals surface area contributed by atoms with Crippen LogP contribution in [0.3, 0.4) is 0 Å². The molecular formula is C7H11NO. The van der Waals surface area contributed by atoms with E-state index >= 15 is 0 Å². The van der Waals surface area contributed by atoms with Crippen molar-refractivity contribution < 1.29 is 0 Å². The highest BCUT2D eigenvalue weighted by Crippen LogP contribution is 2.20. The van der Waals surface area contributed by atoms with Gasteiger partial charge < -0.3 is 0 Å². The van der Waals surface area contributed by atoms with Gasteiger partial charge in [-0.3, -0.25) is 0 Å². The Morgan fingerprint density at radius 3 is 2.56 bits per heavy atom. The lowest BCUT2D eigenvalue weighted by molar-refractivity contribution is 0.446. The van der Waals surface area contributed by atoms with Crippen molar-refractivity contribution in [2.45, 2.75) is 25.8 Å². The molecule has 0 saturated heterocycles. The van der Waals surface area contributed by atoms with Gasteiger partial charge in [0.25, 0.3) is 0 Å². The summed E-state index contributed by atoms with van der Waals surface area (Å²) in [4.78, 5) is 10.1. The van der Waals surface area contributed by atoms with Crippen LogP contribution in [0.5, 0.6) is 0 Å². The Kier molecular flexibility index (Phi) is 1.98. The molecule has 0 aromatic rings. The van der Waals surface area contributed by atoms with Gasteiger partial charge in [-0.1, -0.05) is 24.3 Å². The maximum atomic E-state index is 10.1. The number of allylic oxidation sites excluding steroid dienone is 1. The van der Waals surface area contributed by atoms with Crippen LogP contribution in [0.25, 0.3) is 0 Å². The molecule has 2 nitrogen and oxygen atoms in total. The average Bonchev–Trinajstić information content (AvgIpc) is 1.89. The normalized spacial score (nSPS) is 34.3. The molecular weight excluding hydrogens is 114 g/mol. The van der Waals surface area contributed by atoms with E-state index in [9.17, 15) is 4.91 Å². The maximum absolute atomic E-state index is 10.1. The lowest BCUT2D eigenvalue weighted by atomic mass is 9.92. The van der Waals surface area contributed by atoms with Crippen molar-refractivity contribution in [2.75, 3.05) is 0 Å². The molecule has 0 fully saturated rings. The van der Waals surface area contributed by atoms with Crippen LogP contribution in [0.4, 0.5) is 0 Å². The second kappa shape index (κ2) is 2.76. The van der Waals surface area contributed by atoms with Crippen LogP contribution in [-0.4, -0.2) is 6.04 Å². The second-order valence-corrected chi connectivity index (χ2v) is 2.59. The van der Waals surface area contributed by atoms with Crippen molar-refractivity contribution in [2.24, 2.45) is 11.1 Å². The van der Waals surface area contributed by atoms with Crippen molar-refractivity contribution in [1.29, 1.82) is 0 Å². The summed E-state index contributed by atoms with van der Waals surface area (Å²) in [5.41, 5.74) is 0. The SMILES string of the molecule is CC1CC=CCC1N=O. The molecule has 0 radical (unpaired) electrons. The van der Waals surface area contributed by atoms with Crippen molar-refractivity contribution >= 4 is 0 Å². The number of hydrogen-bond donors (Lipinski definition) is 0. The Bertz CT molecular complexity index is 131. The number of rotatable bonds is 1. The Labute approximate surface area is 54.9 Å². The largest absolute Gasteiger partial charge is 0.150 e. The molecule has 2 atom stereocenters. The third-order valence-corrected chi connectivity index (χ3v) is 1.84. The molecule has 9 heavy (non-hydrogen) atoms. The minimum atomic E-state index is 0.0370. The highest BCUT2D eigenvalue weighted by Gasteiger charge is 2.17. The van der Waals surface area contributed by atoms with Gasteiger partial charge in [0.15, 0.2) is 0 Å². The highest BCUT2D eigenvalue weighted by molar-refractivity contribution is 4.96. The molecule has 0 heterocycles. The summed E-state index contributed by atoms with van der Waals surface area (Å²) < 4.78 is 0. The van der Waals surface area contributed by atoms with Crippen LogP contribution >= 0.6 is 0 Å². The maximum Gasteiger partial charge on any atom is 0.0982 e. The van der Waals surface area contributed by atoms with Crippen LogP contribution < -0.4 is 0 Å². The summed E-state index contributed by atoms with van der Waals surface area (Å²) in [5, 5.41) is 3.03. The average molecular weight is 125 g/mol. The zero-order valence-corrected chi connectivity index (χ0v) is 5.58. The van der Waals surface area contributed by atoms with Crippen LogP contribution in [0.2, 0.25) is 0 Å². The molecule has 50 valence electrons. The van der Waals surface area contributed by atoms with Gasteiger partial charge in [0.1, 0.15) is 0 Å². The summed E-state index contributed by atoms with van der Waals surface area (Å²) in [6.07, 6.45) is 6.00. The van der Waals surface area contributed by atoms with Gasteiger partial charge >= 0.3 is 0 Å². The summed E-state index contributed by atoms with van der Waals surface area (Å²) in [6.45, 7) is 2.07. The Hall–Kier alpha value is -0.660. The number of nitrogens with zero attached hydrogens (tertiary/aromatic N) is 1. The van der Waals surface area contributed by atoms with Crippen molar-refractivity contribution in [3.05, 3.63) is 17.1 Å². The molecule has 0 bridgehead atoms. The Balaban J connectivity index is 2.52. The molecule has 2 heteroatoms.